The fourth-order valence-corrected chi connectivity index (χ4v) is 1.32. The molecule has 92 valence electrons. The number of pyridine rings is 1. The zero-order valence-corrected chi connectivity index (χ0v) is 10.5. The van der Waals surface area contributed by atoms with Gasteiger partial charge in [-0.2, -0.15) is 0 Å². The molecule has 1 aromatic heterocycles. The van der Waals surface area contributed by atoms with E-state index >= 15 is 0 Å². The van der Waals surface area contributed by atoms with Gasteiger partial charge in [0.2, 0.25) is 0 Å². The van der Waals surface area contributed by atoms with E-state index in [1.165, 1.54) is 33.2 Å². The largest absolute Gasteiger partial charge is 0.480 e. The van der Waals surface area contributed by atoms with Crippen molar-refractivity contribution in [1.29, 1.82) is 0 Å². The Morgan fingerprint density at radius 1 is 1.47 bits per heavy atom. The van der Waals surface area contributed by atoms with E-state index in [0.29, 0.717) is 0 Å². The molecule has 0 radical (unpaired) electrons. The number of likely N-dealkylation sites (N-methyl/N-ethyl adjacent to an activating group) is 1. The molecule has 0 aliphatic heterocycles. The smallest absolute Gasteiger partial charge is 0.329 e. The van der Waals surface area contributed by atoms with Gasteiger partial charge in [-0.3, -0.25) is 4.79 Å². The SMILES string of the molecule is CN(C(=O)c1cccnc1Cl)C(C)(C)C(=O)O. The number of aliphatic carboxylic acids is 1. The van der Waals surface area contributed by atoms with Crippen LogP contribution in [0.3, 0.4) is 0 Å². The second-order valence-corrected chi connectivity index (χ2v) is 4.43. The number of hydrogen-bond donors (Lipinski definition) is 1. The summed E-state index contributed by atoms with van der Waals surface area (Å²) in [4.78, 5) is 28.0. The summed E-state index contributed by atoms with van der Waals surface area (Å²) in [5.74, 6) is -1.57. The summed E-state index contributed by atoms with van der Waals surface area (Å²) in [5.41, 5.74) is -1.12. The predicted octanol–water partition coefficient (Wildman–Crippen LogP) is 1.67. The molecule has 0 spiro atoms. The number of amides is 1. The Balaban J connectivity index is 3.07. The summed E-state index contributed by atoms with van der Waals surface area (Å²) in [7, 11) is 1.42. The molecular formula is C11H13ClN2O3. The van der Waals surface area contributed by atoms with E-state index in [1.54, 1.807) is 6.07 Å². The van der Waals surface area contributed by atoms with Gasteiger partial charge in [-0.15, -0.1) is 0 Å². The summed E-state index contributed by atoms with van der Waals surface area (Å²) in [6, 6.07) is 3.08. The first-order chi connectivity index (χ1) is 7.78. The van der Waals surface area contributed by atoms with Crippen LogP contribution in [-0.2, 0) is 4.79 Å². The maximum absolute atomic E-state index is 12.1. The van der Waals surface area contributed by atoms with E-state index in [1.807, 2.05) is 0 Å². The van der Waals surface area contributed by atoms with Gasteiger partial charge < -0.3 is 10.0 Å². The molecule has 0 aliphatic rings. The molecule has 0 atom stereocenters. The molecule has 0 saturated carbocycles. The topological polar surface area (TPSA) is 70.5 Å². The fraction of sp³-hybridized carbons (Fsp3) is 0.364. The van der Waals surface area contributed by atoms with Gasteiger partial charge in [0.05, 0.1) is 5.56 Å². The summed E-state index contributed by atoms with van der Waals surface area (Å²) < 4.78 is 0. The molecule has 0 bridgehead atoms. The van der Waals surface area contributed by atoms with Gasteiger partial charge in [0.25, 0.3) is 5.91 Å². The highest BCUT2D eigenvalue weighted by molar-refractivity contribution is 6.32. The van der Waals surface area contributed by atoms with E-state index in [-0.39, 0.29) is 10.7 Å². The monoisotopic (exact) mass is 256 g/mol. The average Bonchev–Trinajstić information content (AvgIpc) is 2.27. The maximum atomic E-state index is 12.1. The number of carboxylic acids is 1. The van der Waals surface area contributed by atoms with Crippen molar-refractivity contribution >= 4 is 23.5 Å². The van der Waals surface area contributed by atoms with Crippen LogP contribution in [0.25, 0.3) is 0 Å². The van der Waals surface area contributed by atoms with E-state index in [0.717, 1.165) is 4.90 Å². The van der Waals surface area contributed by atoms with Crippen molar-refractivity contribution in [2.24, 2.45) is 0 Å². The molecule has 1 N–H and O–H groups in total. The second kappa shape index (κ2) is 4.71. The van der Waals surface area contributed by atoms with Gasteiger partial charge in [0.15, 0.2) is 0 Å². The lowest BCUT2D eigenvalue weighted by Crippen LogP contribution is -2.50. The molecule has 0 saturated heterocycles. The molecule has 1 rings (SSSR count). The van der Waals surface area contributed by atoms with Crippen molar-refractivity contribution in [3.05, 3.63) is 29.0 Å². The lowest BCUT2D eigenvalue weighted by Gasteiger charge is -2.31. The van der Waals surface area contributed by atoms with E-state index in [2.05, 4.69) is 4.98 Å². The van der Waals surface area contributed by atoms with Gasteiger partial charge >= 0.3 is 5.97 Å². The molecule has 6 heteroatoms. The van der Waals surface area contributed by atoms with Crippen LogP contribution < -0.4 is 0 Å². The highest BCUT2D eigenvalue weighted by Crippen LogP contribution is 2.19. The van der Waals surface area contributed by atoms with Crippen molar-refractivity contribution < 1.29 is 14.7 Å². The first-order valence-electron chi connectivity index (χ1n) is 4.90. The van der Waals surface area contributed by atoms with Crippen molar-refractivity contribution in [2.75, 3.05) is 7.05 Å². The van der Waals surface area contributed by atoms with Gasteiger partial charge in [-0.1, -0.05) is 11.6 Å². The molecule has 1 amide bonds. The lowest BCUT2D eigenvalue weighted by atomic mass is 10.0. The number of carbonyl (C=O) groups excluding carboxylic acids is 1. The second-order valence-electron chi connectivity index (χ2n) is 4.07. The van der Waals surface area contributed by atoms with Gasteiger partial charge in [0.1, 0.15) is 10.7 Å². The molecule has 1 heterocycles. The van der Waals surface area contributed by atoms with Crippen LogP contribution in [0.5, 0.6) is 0 Å². The van der Waals surface area contributed by atoms with Crippen LogP contribution in [0.4, 0.5) is 0 Å². The number of rotatable bonds is 3. The number of nitrogens with zero attached hydrogens (tertiary/aromatic N) is 2. The van der Waals surface area contributed by atoms with Crippen LogP contribution >= 0.6 is 11.6 Å². The molecule has 0 aromatic carbocycles. The van der Waals surface area contributed by atoms with Crippen molar-refractivity contribution in [1.82, 2.24) is 9.88 Å². The van der Waals surface area contributed by atoms with Crippen LogP contribution in [-0.4, -0.2) is 39.5 Å². The van der Waals surface area contributed by atoms with Crippen molar-refractivity contribution in [3.8, 4) is 0 Å². The van der Waals surface area contributed by atoms with Gasteiger partial charge in [0, 0.05) is 13.2 Å². The zero-order chi connectivity index (χ0) is 13.2. The Hall–Kier alpha value is -1.62. The number of carboxylic acid groups (broad SMARTS) is 1. The molecule has 5 nitrogen and oxygen atoms in total. The van der Waals surface area contributed by atoms with E-state index in [4.69, 9.17) is 16.7 Å². The highest BCUT2D eigenvalue weighted by atomic mass is 35.5. The third kappa shape index (κ3) is 2.55. The van der Waals surface area contributed by atoms with Crippen LogP contribution in [0.15, 0.2) is 18.3 Å². The molecule has 0 aliphatic carbocycles. The van der Waals surface area contributed by atoms with Crippen LogP contribution in [0, 0.1) is 0 Å². The summed E-state index contributed by atoms with van der Waals surface area (Å²) in [6.07, 6.45) is 1.46. The molecule has 0 fully saturated rings. The van der Waals surface area contributed by atoms with Gasteiger partial charge in [-0.05, 0) is 26.0 Å². The molecule has 0 unspecified atom stereocenters. The summed E-state index contributed by atoms with van der Waals surface area (Å²) in [6.45, 7) is 2.88. The van der Waals surface area contributed by atoms with Crippen LogP contribution in [0.1, 0.15) is 24.2 Å². The Labute approximate surface area is 104 Å². The number of halogens is 1. The van der Waals surface area contributed by atoms with Crippen molar-refractivity contribution in [2.45, 2.75) is 19.4 Å². The highest BCUT2D eigenvalue weighted by Gasteiger charge is 2.36. The number of carbonyl (C=O) groups is 2. The third-order valence-electron chi connectivity index (χ3n) is 2.66. The van der Waals surface area contributed by atoms with Crippen molar-refractivity contribution in [3.63, 3.8) is 0 Å². The number of aromatic nitrogens is 1. The predicted molar refractivity (Wildman–Crippen MR) is 63.1 cm³/mol. The normalized spacial score (nSPS) is 11.1. The zero-order valence-electron chi connectivity index (χ0n) is 9.77. The first-order valence-corrected chi connectivity index (χ1v) is 5.28. The fourth-order valence-electron chi connectivity index (χ4n) is 1.12. The summed E-state index contributed by atoms with van der Waals surface area (Å²) >= 11 is 5.79. The summed E-state index contributed by atoms with van der Waals surface area (Å²) in [5, 5.41) is 9.09. The van der Waals surface area contributed by atoms with Gasteiger partial charge in [-0.25, -0.2) is 9.78 Å². The lowest BCUT2D eigenvalue weighted by molar-refractivity contribution is -0.147. The average molecular weight is 257 g/mol. The Bertz CT molecular complexity index is 460. The quantitative estimate of drug-likeness (QED) is 0.835. The van der Waals surface area contributed by atoms with E-state index in [9.17, 15) is 9.59 Å². The molecule has 17 heavy (non-hydrogen) atoms. The minimum atomic E-state index is -1.31. The van der Waals surface area contributed by atoms with E-state index < -0.39 is 17.4 Å². The maximum Gasteiger partial charge on any atom is 0.329 e. The number of hydrogen-bond acceptors (Lipinski definition) is 3. The Morgan fingerprint density at radius 2 is 2.06 bits per heavy atom. The van der Waals surface area contributed by atoms with Crippen LogP contribution in [0.2, 0.25) is 5.15 Å². The molecule has 1 aromatic rings. The third-order valence-corrected chi connectivity index (χ3v) is 2.96. The minimum absolute atomic E-state index is 0.0607. The molecular weight excluding hydrogens is 244 g/mol. The first kappa shape index (κ1) is 13.4. The Kier molecular flexibility index (Phi) is 3.72. The Morgan fingerprint density at radius 3 is 2.53 bits per heavy atom. The standard InChI is InChI=1S/C11H13ClN2O3/c1-11(2,10(16)17)14(3)9(15)7-5-4-6-13-8(7)12/h4-6H,1-3H3,(H,16,17). The minimum Gasteiger partial charge on any atom is -0.480 e.